The third-order valence-corrected chi connectivity index (χ3v) is 15.3. The highest BCUT2D eigenvalue weighted by Crippen LogP contribution is 2.19. The summed E-state index contributed by atoms with van der Waals surface area (Å²) in [6, 6.07) is -0.811. The van der Waals surface area contributed by atoms with Crippen LogP contribution in [0.15, 0.2) is 24.3 Å². The fraction of sp³-hybridized carbons (Fsp3) is 0.909. The van der Waals surface area contributed by atoms with Crippen LogP contribution in [0.1, 0.15) is 354 Å². The predicted octanol–water partition coefficient (Wildman–Crippen LogP) is 19.6. The molecule has 0 bridgehead atoms. The minimum Gasteiger partial charge on any atom is -0.466 e. The average molecular weight is 1030 g/mol. The van der Waals surface area contributed by atoms with Crippen molar-refractivity contribution in [2.75, 3.05) is 13.2 Å². The number of esters is 1. The Kier molecular flexibility index (Phi) is 59.7. The van der Waals surface area contributed by atoms with Gasteiger partial charge in [0.25, 0.3) is 0 Å². The van der Waals surface area contributed by atoms with E-state index in [4.69, 9.17) is 4.74 Å². The van der Waals surface area contributed by atoms with Gasteiger partial charge in [0.05, 0.1) is 25.4 Å². The van der Waals surface area contributed by atoms with Gasteiger partial charge < -0.3 is 25.4 Å². The van der Waals surface area contributed by atoms with Crippen LogP contribution in [-0.4, -0.2) is 58.7 Å². The Morgan fingerprint density at radius 1 is 0.397 bits per heavy atom. The lowest BCUT2D eigenvalue weighted by atomic mass is 9.99. The fourth-order valence-corrected chi connectivity index (χ4v) is 10.3. The van der Waals surface area contributed by atoms with E-state index in [1.807, 2.05) is 0 Å². The second-order valence-corrected chi connectivity index (χ2v) is 22.6. The summed E-state index contributed by atoms with van der Waals surface area (Å²) in [4.78, 5) is 24.5. The number of nitrogens with one attached hydrogen (secondary N) is 1. The molecule has 0 spiro atoms. The molecule has 7 nitrogen and oxygen atoms in total. The second kappa shape index (κ2) is 61.2. The molecule has 0 aromatic rings. The molecule has 4 N–H and O–H groups in total. The molecule has 0 heterocycles. The number of amides is 1. The molecule has 0 aliphatic carbocycles. The van der Waals surface area contributed by atoms with E-state index >= 15 is 0 Å². The Morgan fingerprint density at radius 3 is 1.11 bits per heavy atom. The molecule has 0 aromatic carbocycles. The SMILES string of the molecule is CCCCC/C=C\C/C=C\CCCCCCCC(=O)OCCCCCCCCCCCCCCCCCCCCCCCCCCCCCCC(=O)N[C@@H](CO)[C@H](O)[C@H](O)CCCCCCCCCCCCC. The lowest BCUT2D eigenvalue weighted by Gasteiger charge is -2.26. The van der Waals surface area contributed by atoms with Crippen molar-refractivity contribution in [1.29, 1.82) is 0 Å². The van der Waals surface area contributed by atoms with Crippen molar-refractivity contribution in [2.45, 2.75) is 372 Å². The van der Waals surface area contributed by atoms with Crippen molar-refractivity contribution >= 4 is 11.9 Å². The number of hydrogen-bond donors (Lipinski definition) is 4. The van der Waals surface area contributed by atoms with Crippen molar-refractivity contribution in [2.24, 2.45) is 0 Å². The summed E-state index contributed by atoms with van der Waals surface area (Å²) in [6.45, 7) is 4.75. The van der Waals surface area contributed by atoms with Gasteiger partial charge in [-0.05, 0) is 57.8 Å². The topological polar surface area (TPSA) is 116 Å². The molecule has 432 valence electrons. The lowest BCUT2D eigenvalue weighted by Crippen LogP contribution is -2.50. The van der Waals surface area contributed by atoms with Gasteiger partial charge in [-0.25, -0.2) is 0 Å². The van der Waals surface area contributed by atoms with Crippen molar-refractivity contribution in [3.8, 4) is 0 Å². The first-order valence-electron chi connectivity index (χ1n) is 32.7. The Balaban J connectivity index is 3.37. The van der Waals surface area contributed by atoms with E-state index in [0.29, 0.717) is 25.9 Å². The summed E-state index contributed by atoms with van der Waals surface area (Å²) in [6.07, 6.45) is 72.4. The first-order chi connectivity index (χ1) is 36.0. The normalized spacial score (nSPS) is 13.1. The van der Waals surface area contributed by atoms with E-state index in [1.165, 1.54) is 257 Å². The monoisotopic (exact) mass is 1030 g/mol. The zero-order valence-electron chi connectivity index (χ0n) is 49.0. The highest BCUT2D eigenvalue weighted by molar-refractivity contribution is 5.76. The van der Waals surface area contributed by atoms with E-state index in [2.05, 4.69) is 43.5 Å². The average Bonchev–Trinajstić information content (AvgIpc) is 3.39. The number of hydrogen-bond acceptors (Lipinski definition) is 6. The molecule has 3 atom stereocenters. The summed E-state index contributed by atoms with van der Waals surface area (Å²) < 4.78 is 5.48. The van der Waals surface area contributed by atoms with Crippen LogP contribution in [0.5, 0.6) is 0 Å². The maximum Gasteiger partial charge on any atom is 0.305 e. The van der Waals surface area contributed by atoms with Crippen LogP contribution in [0.25, 0.3) is 0 Å². The van der Waals surface area contributed by atoms with Gasteiger partial charge in [-0.15, -0.1) is 0 Å². The van der Waals surface area contributed by atoms with E-state index in [0.717, 1.165) is 64.2 Å². The van der Waals surface area contributed by atoms with Crippen molar-refractivity contribution in [3.05, 3.63) is 24.3 Å². The van der Waals surface area contributed by atoms with Gasteiger partial charge in [0, 0.05) is 12.8 Å². The number of aliphatic hydroxyl groups is 3. The molecule has 0 aliphatic rings. The Morgan fingerprint density at radius 2 is 0.712 bits per heavy atom. The van der Waals surface area contributed by atoms with Gasteiger partial charge in [-0.1, -0.05) is 308 Å². The molecule has 0 fully saturated rings. The zero-order valence-corrected chi connectivity index (χ0v) is 49.0. The molecular formula is C66H127NO6. The van der Waals surface area contributed by atoms with Crippen LogP contribution in [0.4, 0.5) is 0 Å². The van der Waals surface area contributed by atoms with E-state index in [-0.39, 0.29) is 18.5 Å². The van der Waals surface area contributed by atoms with Gasteiger partial charge in [0.2, 0.25) is 5.91 Å². The third kappa shape index (κ3) is 56.3. The maximum absolute atomic E-state index is 12.5. The largest absolute Gasteiger partial charge is 0.466 e. The van der Waals surface area contributed by atoms with Crippen molar-refractivity contribution in [3.63, 3.8) is 0 Å². The van der Waals surface area contributed by atoms with Crippen LogP contribution in [0.2, 0.25) is 0 Å². The molecule has 0 aromatic heterocycles. The van der Waals surface area contributed by atoms with E-state index in [1.54, 1.807) is 0 Å². The van der Waals surface area contributed by atoms with Gasteiger partial charge in [0.1, 0.15) is 6.10 Å². The van der Waals surface area contributed by atoms with E-state index < -0.39 is 18.2 Å². The zero-order chi connectivity index (χ0) is 53.0. The van der Waals surface area contributed by atoms with Crippen LogP contribution in [0, 0.1) is 0 Å². The molecule has 0 rings (SSSR count). The molecule has 0 saturated carbocycles. The van der Waals surface area contributed by atoms with Crippen molar-refractivity contribution in [1.82, 2.24) is 5.32 Å². The number of rotatable bonds is 61. The van der Waals surface area contributed by atoms with Crippen LogP contribution >= 0.6 is 0 Å². The maximum atomic E-state index is 12.5. The summed E-state index contributed by atoms with van der Waals surface area (Å²) >= 11 is 0. The molecule has 73 heavy (non-hydrogen) atoms. The molecule has 0 saturated heterocycles. The summed E-state index contributed by atoms with van der Waals surface area (Å²) in [5.41, 5.74) is 0. The molecule has 0 aliphatic heterocycles. The molecule has 1 amide bonds. The summed E-state index contributed by atoms with van der Waals surface area (Å²) in [7, 11) is 0. The lowest BCUT2D eigenvalue weighted by molar-refractivity contribution is -0.143. The molecular weight excluding hydrogens is 903 g/mol. The minimum atomic E-state index is -1.14. The highest BCUT2D eigenvalue weighted by atomic mass is 16.5. The standard InChI is InChI=1S/C66H127NO6/c1-3-5-7-9-11-13-15-16-31-35-39-43-47-51-55-59-65(71)73-60-56-52-48-44-40-36-33-30-28-26-24-22-20-18-17-19-21-23-25-27-29-32-34-38-42-46-50-54-58-64(70)67-62(61-68)66(72)63(69)57-53-49-45-41-37-14-12-10-8-6-4-2/h11,13,16,31,62-63,66,68-69,72H,3-10,12,14-15,17-30,32-61H2,1-2H3,(H,67,70)/b13-11-,31-16-/t62-,63+,66-/m0/s1. The smallest absolute Gasteiger partial charge is 0.305 e. The Hall–Kier alpha value is -1.70. The van der Waals surface area contributed by atoms with E-state index in [9.17, 15) is 24.9 Å². The summed E-state index contributed by atoms with van der Waals surface area (Å²) in [5, 5.41) is 33.6. The number of aliphatic hydroxyl groups excluding tert-OH is 3. The van der Waals surface area contributed by atoms with Gasteiger partial charge in [-0.2, -0.15) is 0 Å². The van der Waals surface area contributed by atoms with Gasteiger partial charge in [-0.3, -0.25) is 9.59 Å². The number of carbonyl (C=O) groups excluding carboxylic acids is 2. The molecule has 7 heteroatoms. The number of unbranched alkanes of at least 4 members (excludes halogenated alkanes) is 45. The fourth-order valence-electron chi connectivity index (χ4n) is 10.3. The number of carbonyl (C=O) groups is 2. The van der Waals surface area contributed by atoms with Crippen LogP contribution in [0.3, 0.4) is 0 Å². The first-order valence-corrected chi connectivity index (χ1v) is 32.7. The number of allylic oxidation sites excluding steroid dienone is 4. The van der Waals surface area contributed by atoms with Crippen molar-refractivity contribution < 1.29 is 29.6 Å². The van der Waals surface area contributed by atoms with Crippen LogP contribution < -0.4 is 5.32 Å². The minimum absolute atomic E-state index is 0.00221. The second-order valence-electron chi connectivity index (χ2n) is 22.6. The quantitative estimate of drug-likeness (QED) is 0.0274. The van der Waals surface area contributed by atoms with Crippen LogP contribution in [-0.2, 0) is 14.3 Å². The predicted molar refractivity (Wildman–Crippen MR) is 316 cm³/mol. The first kappa shape index (κ1) is 71.3. The molecule has 0 radical (unpaired) electrons. The van der Waals surface area contributed by atoms with Gasteiger partial charge in [0.15, 0.2) is 0 Å². The highest BCUT2D eigenvalue weighted by Gasteiger charge is 2.26. The Bertz CT molecular complexity index is 1160. The third-order valence-electron chi connectivity index (χ3n) is 15.3. The Labute approximate surface area is 454 Å². The number of ether oxygens (including phenoxy) is 1. The molecule has 0 unspecified atom stereocenters. The van der Waals surface area contributed by atoms with Gasteiger partial charge >= 0.3 is 5.97 Å². The summed E-state index contributed by atoms with van der Waals surface area (Å²) in [5.74, 6) is -0.142.